The summed E-state index contributed by atoms with van der Waals surface area (Å²) in [7, 11) is 0. The highest BCUT2D eigenvalue weighted by Crippen LogP contribution is 2.36. The standard InChI is InChI=1S/C14H22N8S/c1-10(13-16-18-19-22(13)12-4-5-12)20-6-3-7-21(9-8-20)14-15-11(2)17-23-14/h10,12H,3-9H2,1-2H3. The molecule has 0 aromatic carbocycles. The van der Waals surface area contributed by atoms with Crippen LogP contribution in [0.3, 0.4) is 0 Å². The number of aromatic nitrogens is 6. The SMILES string of the molecule is Cc1nsc(N2CCCN(C(C)c3nnnn3C3CC3)CC2)n1. The van der Waals surface area contributed by atoms with Gasteiger partial charge in [-0.25, -0.2) is 9.67 Å². The summed E-state index contributed by atoms with van der Waals surface area (Å²) in [5.74, 6) is 1.87. The number of nitrogens with zero attached hydrogens (tertiary/aromatic N) is 8. The van der Waals surface area contributed by atoms with Gasteiger partial charge in [-0.2, -0.15) is 4.37 Å². The number of hydrogen-bond acceptors (Lipinski definition) is 8. The van der Waals surface area contributed by atoms with E-state index in [4.69, 9.17) is 0 Å². The van der Waals surface area contributed by atoms with Crippen LogP contribution < -0.4 is 4.90 Å². The molecule has 4 rings (SSSR count). The van der Waals surface area contributed by atoms with Crippen LogP contribution in [0.4, 0.5) is 5.13 Å². The second-order valence-corrected chi connectivity index (χ2v) is 7.12. The van der Waals surface area contributed by atoms with Gasteiger partial charge in [0.2, 0.25) is 5.13 Å². The number of anilines is 1. The second-order valence-electron chi connectivity index (χ2n) is 6.39. The monoisotopic (exact) mass is 334 g/mol. The van der Waals surface area contributed by atoms with Crippen molar-refractivity contribution in [2.24, 2.45) is 0 Å². The van der Waals surface area contributed by atoms with Gasteiger partial charge in [0.25, 0.3) is 0 Å². The molecule has 0 N–H and O–H groups in total. The molecule has 0 amide bonds. The van der Waals surface area contributed by atoms with Crippen LogP contribution in [0.5, 0.6) is 0 Å². The summed E-state index contributed by atoms with van der Waals surface area (Å²) in [6.45, 7) is 8.24. The summed E-state index contributed by atoms with van der Waals surface area (Å²) in [6, 6.07) is 0.775. The molecule has 2 aromatic rings. The Balaban J connectivity index is 1.44. The van der Waals surface area contributed by atoms with Crippen molar-refractivity contribution < 1.29 is 0 Å². The normalized spacial score (nSPS) is 21.4. The molecular weight excluding hydrogens is 312 g/mol. The molecular formula is C14H22N8S. The Bertz CT molecular complexity index is 663. The van der Waals surface area contributed by atoms with E-state index in [-0.39, 0.29) is 6.04 Å². The minimum atomic E-state index is 0.252. The van der Waals surface area contributed by atoms with Crippen molar-refractivity contribution in [3.63, 3.8) is 0 Å². The fraction of sp³-hybridized carbons (Fsp3) is 0.786. The van der Waals surface area contributed by atoms with E-state index in [1.165, 1.54) is 24.4 Å². The van der Waals surface area contributed by atoms with Gasteiger partial charge >= 0.3 is 0 Å². The highest BCUT2D eigenvalue weighted by molar-refractivity contribution is 7.09. The molecule has 1 aliphatic carbocycles. The highest BCUT2D eigenvalue weighted by Gasteiger charge is 2.32. The molecule has 1 aliphatic heterocycles. The van der Waals surface area contributed by atoms with E-state index in [1.807, 2.05) is 11.6 Å². The summed E-state index contributed by atoms with van der Waals surface area (Å²) in [5.41, 5.74) is 0. The molecule has 1 atom stereocenters. The molecule has 1 unspecified atom stereocenters. The van der Waals surface area contributed by atoms with Gasteiger partial charge in [0, 0.05) is 37.7 Å². The van der Waals surface area contributed by atoms with Crippen molar-refractivity contribution in [2.75, 3.05) is 31.1 Å². The molecule has 9 heteroatoms. The maximum absolute atomic E-state index is 4.52. The summed E-state index contributed by atoms with van der Waals surface area (Å²) in [4.78, 5) is 9.35. The van der Waals surface area contributed by atoms with Gasteiger partial charge in [0.15, 0.2) is 5.82 Å². The van der Waals surface area contributed by atoms with Gasteiger partial charge < -0.3 is 4.90 Å². The summed E-state index contributed by atoms with van der Waals surface area (Å²) >= 11 is 1.50. The van der Waals surface area contributed by atoms with Crippen LogP contribution >= 0.6 is 11.5 Å². The molecule has 0 spiro atoms. The summed E-state index contributed by atoms with van der Waals surface area (Å²) < 4.78 is 6.33. The Morgan fingerprint density at radius 3 is 2.78 bits per heavy atom. The predicted molar refractivity (Wildman–Crippen MR) is 87.6 cm³/mol. The molecule has 0 bridgehead atoms. The minimum Gasteiger partial charge on any atom is -0.346 e. The lowest BCUT2D eigenvalue weighted by Crippen LogP contribution is -2.33. The Hall–Kier alpha value is -1.61. The molecule has 23 heavy (non-hydrogen) atoms. The third kappa shape index (κ3) is 3.07. The van der Waals surface area contributed by atoms with Gasteiger partial charge in [-0.3, -0.25) is 4.90 Å². The number of rotatable bonds is 4. The average Bonchev–Trinajstić information content (AvgIpc) is 3.21. The Labute approximate surface area is 139 Å². The summed E-state index contributed by atoms with van der Waals surface area (Å²) in [5, 5.41) is 13.4. The number of tetrazole rings is 1. The first-order valence-electron chi connectivity index (χ1n) is 8.29. The first kappa shape index (κ1) is 14.9. The molecule has 2 aromatic heterocycles. The quantitative estimate of drug-likeness (QED) is 0.837. The first-order chi connectivity index (χ1) is 11.2. The van der Waals surface area contributed by atoms with Crippen molar-refractivity contribution in [3.05, 3.63) is 11.6 Å². The van der Waals surface area contributed by atoms with Crippen LogP contribution in [-0.2, 0) is 0 Å². The Morgan fingerprint density at radius 2 is 2.04 bits per heavy atom. The second kappa shape index (κ2) is 6.12. The lowest BCUT2D eigenvalue weighted by molar-refractivity contribution is 0.212. The van der Waals surface area contributed by atoms with Crippen molar-refractivity contribution >= 4 is 16.7 Å². The number of aryl methyl sites for hydroxylation is 1. The van der Waals surface area contributed by atoms with E-state index in [0.717, 1.165) is 49.4 Å². The van der Waals surface area contributed by atoms with Gasteiger partial charge in [0.05, 0.1) is 12.1 Å². The van der Waals surface area contributed by atoms with Crippen molar-refractivity contribution in [1.82, 2.24) is 34.5 Å². The van der Waals surface area contributed by atoms with Crippen LogP contribution in [0.25, 0.3) is 0 Å². The largest absolute Gasteiger partial charge is 0.346 e. The Kier molecular flexibility index (Phi) is 3.98. The van der Waals surface area contributed by atoms with E-state index in [1.54, 1.807) is 0 Å². The van der Waals surface area contributed by atoms with Crippen LogP contribution in [-0.4, -0.2) is 60.6 Å². The Morgan fingerprint density at radius 1 is 1.17 bits per heavy atom. The topological polar surface area (TPSA) is 75.9 Å². The predicted octanol–water partition coefficient (Wildman–Crippen LogP) is 1.44. The van der Waals surface area contributed by atoms with E-state index >= 15 is 0 Å². The van der Waals surface area contributed by atoms with Crippen LogP contribution in [0, 0.1) is 6.92 Å². The molecule has 8 nitrogen and oxygen atoms in total. The van der Waals surface area contributed by atoms with Crippen LogP contribution in [0.1, 0.15) is 49.9 Å². The average molecular weight is 334 g/mol. The van der Waals surface area contributed by atoms with E-state index in [2.05, 4.69) is 41.6 Å². The third-order valence-electron chi connectivity index (χ3n) is 4.65. The molecule has 1 saturated carbocycles. The number of hydrogen-bond donors (Lipinski definition) is 0. The van der Waals surface area contributed by atoms with Crippen LogP contribution in [0.2, 0.25) is 0 Å². The maximum Gasteiger partial charge on any atom is 0.205 e. The van der Waals surface area contributed by atoms with Gasteiger partial charge in [-0.15, -0.1) is 5.10 Å². The van der Waals surface area contributed by atoms with Crippen molar-refractivity contribution in [2.45, 2.75) is 45.2 Å². The molecule has 0 radical (unpaired) electrons. The van der Waals surface area contributed by atoms with E-state index < -0.39 is 0 Å². The highest BCUT2D eigenvalue weighted by atomic mass is 32.1. The molecule has 2 fully saturated rings. The molecule has 1 saturated heterocycles. The van der Waals surface area contributed by atoms with Gasteiger partial charge in [0.1, 0.15) is 5.82 Å². The summed E-state index contributed by atoms with van der Waals surface area (Å²) in [6.07, 6.45) is 3.53. The zero-order valence-corrected chi connectivity index (χ0v) is 14.4. The third-order valence-corrected chi connectivity index (χ3v) is 5.52. The van der Waals surface area contributed by atoms with E-state index in [0.29, 0.717) is 6.04 Å². The minimum absolute atomic E-state index is 0.252. The maximum atomic E-state index is 4.52. The zero-order valence-electron chi connectivity index (χ0n) is 13.6. The van der Waals surface area contributed by atoms with Gasteiger partial charge in [-0.1, -0.05) is 0 Å². The first-order valence-corrected chi connectivity index (χ1v) is 9.07. The van der Waals surface area contributed by atoms with Crippen LogP contribution in [0.15, 0.2) is 0 Å². The van der Waals surface area contributed by atoms with Crippen molar-refractivity contribution in [1.29, 1.82) is 0 Å². The lowest BCUT2D eigenvalue weighted by Gasteiger charge is -2.26. The van der Waals surface area contributed by atoms with E-state index in [9.17, 15) is 0 Å². The molecule has 3 heterocycles. The fourth-order valence-electron chi connectivity index (χ4n) is 3.15. The smallest absolute Gasteiger partial charge is 0.205 e. The molecule has 124 valence electrons. The molecule has 2 aliphatic rings. The fourth-order valence-corrected chi connectivity index (χ4v) is 3.87. The van der Waals surface area contributed by atoms with Gasteiger partial charge in [-0.05, 0) is 43.5 Å². The lowest BCUT2D eigenvalue weighted by atomic mass is 10.2. The zero-order chi connectivity index (χ0) is 15.8. The van der Waals surface area contributed by atoms with Crippen molar-refractivity contribution in [3.8, 4) is 0 Å².